The van der Waals surface area contributed by atoms with Crippen LogP contribution in [-0.2, 0) is 6.42 Å². The Labute approximate surface area is 218 Å². The van der Waals surface area contributed by atoms with Gasteiger partial charge >= 0.3 is 0 Å². The number of hydrogen-bond acceptors (Lipinski definition) is 0. The monoisotopic (exact) mass is 480 g/mol. The minimum Gasteiger partial charge on any atom is -0.0748 e. The number of benzene rings is 4. The van der Waals surface area contributed by atoms with Gasteiger partial charge in [-0.05, 0) is 71.2 Å². The van der Waals surface area contributed by atoms with E-state index in [4.69, 9.17) is 0 Å². The molecule has 0 aliphatic heterocycles. The van der Waals surface area contributed by atoms with Gasteiger partial charge in [-0.1, -0.05) is 132 Å². The highest BCUT2D eigenvalue weighted by Crippen LogP contribution is 2.44. The van der Waals surface area contributed by atoms with Crippen LogP contribution < -0.4 is 0 Å². The maximum atomic E-state index is 2.54. The molecule has 2 aliphatic rings. The molecule has 2 radical (unpaired) electrons. The van der Waals surface area contributed by atoms with Crippen LogP contribution >= 0.6 is 0 Å². The maximum Gasteiger partial charge on any atom is 0.111 e. The van der Waals surface area contributed by atoms with Gasteiger partial charge in [0.1, 0.15) is 9.52 Å². The molecule has 0 N–H and O–H groups in total. The van der Waals surface area contributed by atoms with E-state index in [1.807, 2.05) is 0 Å². The smallest absolute Gasteiger partial charge is 0.0748 e. The zero-order valence-electron chi connectivity index (χ0n) is 21.4. The lowest BCUT2D eigenvalue weighted by Crippen LogP contribution is -2.08. The van der Waals surface area contributed by atoms with E-state index in [0.29, 0.717) is 5.92 Å². The summed E-state index contributed by atoms with van der Waals surface area (Å²) in [6, 6.07) is 31.6. The molecular weight excluding hydrogens is 448 g/mol. The lowest BCUT2D eigenvalue weighted by atomic mass is 9.91. The molecule has 0 saturated carbocycles. The minimum absolute atomic E-state index is 0.536. The van der Waals surface area contributed by atoms with Crippen LogP contribution in [-0.4, -0.2) is 9.52 Å². The summed E-state index contributed by atoms with van der Waals surface area (Å²) in [5, 5.41) is 3.19. The highest BCUT2D eigenvalue weighted by molar-refractivity contribution is 6.57. The van der Waals surface area contributed by atoms with Gasteiger partial charge in [0, 0.05) is 5.92 Å². The average Bonchev–Trinajstić information content (AvgIpc) is 3.45. The van der Waals surface area contributed by atoms with E-state index in [1.165, 1.54) is 68.5 Å². The van der Waals surface area contributed by atoms with Crippen molar-refractivity contribution in [2.24, 2.45) is 0 Å². The van der Waals surface area contributed by atoms with Gasteiger partial charge in [0.25, 0.3) is 0 Å². The number of allylic oxidation sites excluding steroid dienone is 2. The molecule has 1 unspecified atom stereocenters. The molecule has 0 fully saturated rings. The quantitative estimate of drug-likeness (QED) is 0.241. The predicted molar refractivity (Wildman–Crippen MR) is 156 cm³/mol. The normalized spacial score (nSPS) is 15.9. The summed E-state index contributed by atoms with van der Waals surface area (Å²) in [4.78, 5) is 0. The van der Waals surface area contributed by atoms with E-state index in [2.05, 4.69) is 118 Å². The lowest BCUT2D eigenvalue weighted by molar-refractivity contribution is 0.716. The molecule has 2 aliphatic carbocycles. The molecule has 0 saturated heterocycles. The molecule has 0 aromatic heterocycles. The van der Waals surface area contributed by atoms with E-state index in [1.54, 1.807) is 10.4 Å². The SMILES string of the molecule is CCCC1C([Si]C2=Cc3c(cccc3-c3cccc(C)c3)C2)=Cc2c(-c3cccc(C)c3)cccc21. The molecule has 0 spiro atoms. The fraction of sp³-hybridized carbons (Fsp3) is 0.200. The molecule has 1 heteroatoms. The maximum absolute atomic E-state index is 2.54. The molecule has 6 rings (SSSR count). The van der Waals surface area contributed by atoms with Crippen LogP contribution in [0.4, 0.5) is 0 Å². The third-order valence-corrected chi connectivity index (χ3v) is 9.05. The zero-order valence-corrected chi connectivity index (χ0v) is 22.4. The van der Waals surface area contributed by atoms with Crippen LogP contribution in [0.2, 0.25) is 0 Å². The van der Waals surface area contributed by atoms with E-state index < -0.39 is 0 Å². The standard InChI is InChI=1S/C35H32Si/c1-4-9-32-31-17-8-16-30(26-13-6-11-24(3)19-26)34(31)22-35(32)36-28-20-27-14-7-15-29(33(27)21-28)25-12-5-10-23(2)18-25/h5-8,10-19,21-22,32H,4,9,20H2,1-3H3. The summed E-state index contributed by atoms with van der Waals surface area (Å²) in [6.07, 6.45) is 8.54. The van der Waals surface area contributed by atoms with Gasteiger partial charge in [-0.3, -0.25) is 0 Å². The Morgan fingerprint density at radius 3 is 2.03 bits per heavy atom. The minimum atomic E-state index is 0.536. The summed E-state index contributed by atoms with van der Waals surface area (Å²) in [5.41, 5.74) is 13.9. The summed E-state index contributed by atoms with van der Waals surface area (Å²) in [6.45, 7) is 6.69. The average molecular weight is 481 g/mol. The number of fused-ring (bicyclic) bond motifs is 2. The highest BCUT2D eigenvalue weighted by Gasteiger charge is 2.28. The third-order valence-electron chi connectivity index (χ3n) is 7.63. The van der Waals surface area contributed by atoms with Crippen LogP contribution in [0.25, 0.3) is 34.4 Å². The fourth-order valence-electron chi connectivity index (χ4n) is 5.96. The van der Waals surface area contributed by atoms with E-state index in [-0.39, 0.29) is 0 Å². The Kier molecular flexibility index (Phi) is 6.11. The number of aryl methyl sites for hydroxylation is 2. The van der Waals surface area contributed by atoms with E-state index in [0.717, 1.165) is 15.9 Å². The van der Waals surface area contributed by atoms with Gasteiger partial charge in [-0.2, -0.15) is 0 Å². The summed E-state index contributed by atoms with van der Waals surface area (Å²) < 4.78 is 0. The van der Waals surface area contributed by atoms with E-state index in [9.17, 15) is 0 Å². The summed E-state index contributed by atoms with van der Waals surface area (Å²) in [7, 11) is 0.748. The second kappa shape index (κ2) is 9.56. The molecule has 4 aromatic rings. The Morgan fingerprint density at radius 2 is 1.36 bits per heavy atom. The van der Waals surface area contributed by atoms with E-state index >= 15 is 0 Å². The van der Waals surface area contributed by atoms with Crippen molar-refractivity contribution in [2.45, 2.75) is 46.0 Å². The topological polar surface area (TPSA) is 0 Å². The third kappa shape index (κ3) is 4.22. The predicted octanol–water partition coefficient (Wildman–Crippen LogP) is 9.18. The van der Waals surface area contributed by atoms with Crippen LogP contribution in [0.15, 0.2) is 95.3 Å². The van der Waals surface area contributed by atoms with Crippen molar-refractivity contribution in [3.63, 3.8) is 0 Å². The van der Waals surface area contributed by atoms with Gasteiger partial charge in [0.2, 0.25) is 0 Å². The van der Waals surface area contributed by atoms with Crippen LogP contribution in [0.3, 0.4) is 0 Å². The van der Waals surface area contributed by atoms with Crippen molar-refractivity contribution in [3.8, 4) is 22.3 Å². The first-order chi connectivity index (χ1) is 17.6. The van der Waals surface area contributed by atoms with Crippen molar-refractivity contribution in [3.05, 3.63) is 129 Å². The summed E-state index contributed by atoms with van der Waals surface area (Å²) in [5.74, 6) is 0.536. The highest BCUT2D eigenvalue weighted by atomic mass is 28.2. The molecule has 176 valence electrons. The Balaban J connectivity index is 1.36. The molecule has 1 atom stereocenters. The lowest BCUT2D eigenvalue weighted by Gasteiger charge is -2.17. The van der Waals surface area contributed by atoms with Crippen molar-refractivity contribution in [1.82, 2.24) is 0 Å². The van der Waals surface area contributed by atoms with Gasteiger partial charge < -0.3 is 0 Å². The molecule has 0 amide bonds. The first-order valence-corrected chi connectivity index (χ1v) is 14.2. The van der Waals surface area contributed by atoms with Crippen LogP contribution in [0.5, 0.6) is 0 Å². The second-order valence-corrected chi connectivity index (χ2v) is 11.8. The fourth-order valence-corrected chi connectivity index (χ4v) is 7.51. The zero-order chi connectivity index (χ0) is 24.6. The number of hydrogen-bond donors (Lipinski definition) is 0. The van der Waals surface area contributed by atoms with Crippen LogP contribution in [0.1, 0.15) is 59.1 Å². The van der Waals surface area contributed by atoms with Gasteiger partial charge in [0.15, 0.2) is 0 Å². The van der Waals surface area contributed by atoms with Crippen molar-refractivity contribution in [2.75, 3.05) is 0 Å². The van der Waals surface area contributed by atoms with Gasteiger partial charge in [0.05, 0.1) is 0 Å². The largest absolute Gasteiger partial charge is 0.111 e. The summed E-state index contributed by atoms with van der Waals surface area (Å²) >= 11 is 0. The van der Waals surface area contributed by atoms with Crippen molar-refractivity contribution >= 4 is 21.7 Å². The molecular formula is C35H32Si. The molecule has 36 heavy (non-hydrogen) atoms. The molecule has 0 heterocycles. The molecule has 4 aromatic carbocycles. The molecule has 0 bridgehead atoms. The Hall–Kier alpha value is -3.42. The van der Waals surface area contributed by atoms with Crippen molar-refractivity contribution < 1.29 is 0 Å². The van der Waals surface area contributed by atoms with Gasteiger partial charge in [-0.15, -0.1) is 0 Å². The first-order valence-electron chi connectivity index (χ1n) is 13.2. The Bertz CT molecular complexity index is 1520. The van der Waals surface area contributed by atoms with Gasteiger partial charge in [-0.25, -0.2) is 0 Å². The van der Waals surface area contributed by atoms with Crippen LogP contribution in [0, 0.1) is 13.8 Å². The van der Waals surface area contributed by atoms with Crippen molar-refractivity contribution in [1.29, 1.82) is 0 Å². The number of rotatable bonds is 6. The Morgan fingerprint density at radius 1 is 0.722 bits per heavy atom. The molecule has 0 nitrogen and oxygen atoms in total. The first kappa shape index (κ1) is 23.0. The second-order valence-electron chi connectivity index (χ2n) is 10.3.